The summed E-state index contributed by atoms with van der Waals surface area (Å²) in [5, 5.41) is 11.7. The average Bonchev–Trinajstić information content (AvgIpc) is 2.48. The summed E-state index contributed by atoms with van der Waals surface area (Å²) < 4.78 is 19.2. The van der Waals surface area contributed by atoms with Gasteiger partial charge in [-0.1, -0.05) is 6.92 Å². The molecule has 0 radical (unpaired) electrons. The lowest BCUT2D eigenvalue weighted by atomic mass is 10.2. The maximum absolute atomic E-state index is 13.7. The van der Waals surface area contributed by atoms with Crippen molar-refractivity contribution in [3.8, 4) is 11.8 Å². The molecular weight excluding hydrogens is 255 g/mol. The molecule has 0 spiro atoms. The first-order valence-electron chi connectivity index (χ1n) is 6.42. The Hall–Kier alpha value is -2.54. The number of ether oxygens (including phenoxy) is 1. The fraction of sp³-hybridized carbons (Fsp3) is 0.188. The van der Waals surface area contributed by atoms with Gasteiger partial charge in [-0.05, 0) is 48.9 Å². The third-order valence-electron chi connectivity index (χ3n) is 2.70. The van der Waals surface area contributed by atoms with Crippen molar-refractivity contribution < 1.29 is 9.13 Å². The summed E-state index contributed by atoms with van der Waals surface area (Å²) in [5.41, 5.74) is 1.40. The van der Waals surface area contributed by atoms with Gasteiger partial charge in [-0.2, -0.15) is 5.26 Å². The van der Waals surface area contributed by atoms with Crippen LogP contribution < -0.4 is 10.1 Å². The molecule has 0 aromatic heterocycles. The highest BCUT2D eigenvalue weighted by Gasteiger charge is 2.04. The maximum atomic E-state index is 13.7. The number of benzene rings is 2. The highest BCUT2D eigenvalue weighted by atomic mass is 19.1. The number of anilines is 2. The van der Waals surface area contributed by atoms with Crippen molar-refractivity contribution in [2.24, 2.45) is 0 Å². The van der Waals surface area contributed by atoms with Crippen LogP contribution in [0, 0.1) is 17.1 Å². The molecule has 0 aliphatic carbocycles. The van der Waals surface area contributed by atoms with Gasteiger partial charge in [0.15, 0.2) is 0 Å². The van der Waals surface area contributed by atoms with E-state index < -0.39 is 5.82 Å². The molecule has 0 bridgehead atoms. The van der Waals surface area contributed by atoms with Gasteiger partial charge in [-0.15, -0.1) is 0 Å². The maximum Gasteiger partial charge on any atom is 0.147 e. The minimum atomic E-state index is -0.449. The van der Waals surface area contributed by atoms with Crippen molar-refractivity contribution in [2.75, 3.05) is 11.9 Å². The van der Waals surface area contributed by atoms with Gasteiger partial charge in [0.25, 0.3) is 0 Å². The number of halogens is 1. The van der Waals surface area contributed by atoms with E-state index in [0.717, 1.165) is 17.9 Å². The Morgan fingerprint density at radius 3 is 2.55 bits per heavy atom. The van der Waals surface area contributed by atoms with Gasteiger partial charge in [-0.3, -0.25) is 0 Å². The molecule has 0 amide bonds. The van der Waals surface area contributed by atoms with E-state index in [1.807, 2.05) is 37.3 Å². The molecule has 1 N–H and O–H groups in total. The molecule has 0 fully saturated rings. The molecule has 4 heteroatoms. The summed E-state index contributed by atoms with van der Waals surface area (Å²) in [7, 11) is 0. The molecule has 0 aliphatic rings. The summed E-state index contributed by atoms with van der Waals surface area (Å²) in [5.74, 6) is 0.341. The summed E-state index contributed by atoms with van der Waals surface area (Å²) in [6, 6.07) is 13.5. The minimum absolute atomic E-state index is 0.302. The molecule has 0 atom stereocenters. The Morgan fingerprint density at radius 1 is 1.20 bits per heavy atom. The predicted octanol–water partition coefficient (Wildman–Crippen LogP) is 4.23. The molecular formula is C16H15FN2O. The van der Waals surface area contributed by atoms with Crippen molar-refractivity contribution in [3.05, 3.63) is 53.8 Å². The van der Waals surface area contributed by atoms with Gasteiger partial charge >= 0.3 is 0 Å². The summed E-state index contributed by atoms with van der Waals surface area (Å²) >= 11 is 0. The second kappa shape index (κ2) is 6.58. The molecule has 2 aromatic carbocycles. The van der Waals surface area contributed by atoms with Gasteiger partial charge in [0.2, 0.25) is 0 Å². The van der Waals surface area contributed by atoms with Gasteiger partial charge in [0.1, 0.15) is 11.6 Å². The quantitative estimate of drug-likeness (QED) is 0.884. The number of nitriles is 1. The minimum Gasteiger partial charge on any atom is -0.494 e. The Labute approximate surface area is 117 Å². The molecule has 0 saturated heterocycles. The van der Waals surface area contributed by atoms with Crippen LogP contribution in [-0.2, 0) is 0 Å². The van der Waals surface area contributed by atoms with Crippen LogP contribution in [-0.4, -0.2) is 6.61 Å². The third kappa shape index (κ3) is 3.48. The van der Waals surface area contributed by atoms with E-state index in [1.54, 1.807) is 12.1 Å². The van der Waals surface area contributed by atoms with Gasteiger partial charge < -0.3 is 10.1 Å². The van der Waals surface area contributed by atoms with Crippen molar-refractivity contribution in [2.45, 2.75) is 13.3 Å². The smallest absolute Gasteiger partial charge is 0.147 e. The van der Waals surface area contributed by atoms with Crippen molar-refractivity contribution in [1.82, 2.24) is 0 Å². The number of hydrogen-bond donors (Lipinski definition) is 1. The van der Waals surface area contributed by atoms with Crippen LogP contribution in [0.2, 0.25) is 0 Å². The third-order valence-corrected chi connectivity index (χ3v) is 2.70. The van der Waals surface area contributed by atoms with Gasteiger partial charge in [0, 0.05) is 5.69 Å². The van der Waals surface area contributed by atoms with Crippen LogP contribution in [0.3, 0.4) is 0 Å². The lowest BCUT2D eigenvalue weighted by Gasteiger charge is -2.09. The molecule has 0 heterocycles. The molecule has 2 rings (SSSR count). The predicted molar refractivity (Wildman–Crippen MR) is 76.6 cm³/mol. The number of hydrogen-bond acceptors (Lipinski definition) is 3. The van der Waals surface area contributed by atoms with Crippen LogP contribution in [0.4, 0.5) is 15.8 Å². The number of nitrogens with one attached hydrogen (secondary N) is 1. The molecule has 20 heavy (non-hydrogen) atoms. The van der Waals surface area contributed by atoms with Crippen molar-refractivity contribution in [1.29, 1.82) is 5.26 Å². The van der Waals surface area contributed by atoms with E-state index in [0.29, 0.717) is 17.9 Å². The largest absolute Gasteiger partial charge is 0.494 e. The van der Waals surface area contributed by atoms with Crippen LogP contribution in [0.1, 0.15) is 18.9 Å². The molecule has 0 unspecified atom stereocenters. The first-order valence-corrected chi connectivity index (χ1v) is 6.42. The molecule has 3 nitrogen and oxygen atoms in total. The van der Waals surface area contributed by atoms with E-state index in [9.17, 15) is 4.39 Å². The zero-order valence-electron chi connectivity index (χ0n) is 11.2. The summed E-state index contributed by atoms with van der Waals surface area (Å²) in [6.45, 7) is 2.72. The number of nitrogens with zero attached hydrogens (tertiary/aromatic N) is 1. The van der Waals surface area contributed by atoms with E-state index in [1.165, 1.54) is 6.07 Å². The van der Waals surface area contributed by atoms with Crippen LogP contribution in [0.15, 0.2) is 42.5 Å². The summed E-state index contributed by atoms with van der Waals surface area (Å²) in [6.07, 6.45) is 0.955. The fourth-order valence-corrected chi connectivity index (χ4v) is 1.70. The molecule has 0 saturated carbocycles. The number of rotatable bonds is 5. The lowest BCUT2D eigenvalue weighted by Crippen LogP contribution is -1.96. The Morgan fingerprint density at radius 2 is 1.95 bits per heavy atom. The van der Waals surface area contributed by atoms with Crippen LogP contribution in [0.5, 0.6) is 5.75 Å². The second-order valence-electron chi connectivity index (χ2n) is 4.30. The average molecular weight is 270 g/mol. The monoisotopic (exact) mass is 270 g/mol. The lowest BCUT2D eigenvalue weighted by molar-refractivity contribution is 0.317. The summed E-state index contributed by atoms with van der Waals surface area (Å²) in [4.78, 5) is 0. The van der Waals surface area contributed by atoms with Gasteiger partial charge in [-0.25, -0.2) is 4.39 Å². The first-order chi connectivity index (χ1) is 9.72. The molecule has 102 valence electrons. The van der Waals surface area contributed by atoms with E-state index in [-0.39, 0.29) is 0 Å². The zero-order chi connectivity index (χ0) is 14.4. The van der Waals surface area contributed by atoms with Crippen LogP contribution in [0.25, 0.3) is 0 Å². The van der Waals surface area contributed by atoms with Gasteiger partial charge in [0.05, 0.1) is 23.9 Å². The van der Waals surface area contributed by atoms with Crippen LogP contribution >= 0.6 is 0 Å². The Bertz CT molecular complexity index is 617. The fourth-order valence-electron chi connectivity index (χ4n) is 1.70. The first kappa shape index (κ1) is 13.9. The second-order valence-corrected chi connectivity index (χ2v) is 4.30. The molecule has 0 aliphatic heterocycles. The topological polar surface area (TPSA) is 45.0 Å². The Balaban J connectivity index is 2.08. The van der Waals surface area contributed by atoms with E-state index in [2.05, 4.69) is 5.32 Å². The Kier molecular flexibility index (Phi) is 4.56. The standard InChI is InChI=1S/C16H15FN2O/c1-2-9-20-14-6-4-13(5-7-14)19-16-8-3-12(11-18)10-15(16)17/h3-8,10,19H,2,9H2,1H3. The van der Waals surface area contributed by atoms with E-state index in [4.69, 9.17) is 10.00 Å². The van der Waals surface area contributed by atoms with E-state index >= 15 is 0 Å². The zero-order valence-corrected chi connectivity index (χ0v) is 11.2. The SMILES string of the molecule is CCCOc1ccc(Nc2ccc(C#N)cc2F)cc1. The molecule has 2 aromatic rings. The van der Waals surface area contributed by atoms with Crippen molar-refractivity contribution in [3.63, 3.8) is 0 Å². The highest BCUT2D eigenvalue weighted by molar-refractivity contribution is 5.61. The van der Waals surface area contributed by atoms with Crippen molar-refractivity contribution >= 4 is 11.4 Å². The normalized spacial score (nSPS) is 9.85. The highest BCUT2D eigenvalue weighted by Crippen LogP contribution is 2.23.